The number of ether oxygens (including phenoxy) is 1. The predicted octanol–water partition coefficient (Wildman–Crippen LogP) is 3.40. The van der Waals surface area contributed by atoms with Crippen molar-refractivity contribution < 1.29 is 28.8 Å². The van der Waals surface area contributed by atoms with E-state index in [1.54, 1.807) is 37.3 Å². The highest BCUT2D eigenvalue weighted by Gasteiger charge is 2.61. The Kier molecular flexibility index (Phi) is 5.36. The minimum atomic E-state index is -0.762. The lowest BCUT2D eigenvalue weighted by Crippen LogP contribution is -2.32. The maximum atomic E-state index is 13.1. The highest BCUT2D eigenvalue weighted by Crippen LogP contribution is 2.56. The Bertz CT molecular complexity index is 1340. The van der Waals surface area contributed by atoms with Crippen molar-refractivity contribution in [3.05, 3.63) is 58.1 Å². The van der Waals surface area contributed by atoms with Crippen molar-refractivity contribution in [2.24, 2.45) is 29.6 Å². The lowest BCUT2D eigenvalue weighted by Gasteiger charge is -2.19. The second kappa shape index (κ2) is 8.50. The van der Waals surface area contributed by atoms with Gasteiger partial charge in [-0.25, -0.2) is 4.90 Å². The number of anilines is 2. The van der Waals surface area contributed by atoms with Crippen LogP contribution < -0.4 is 14.5 Å². The predicted molar refractivity (Wildman–Crippen MR) is 131 cm³/mol. The fourth-order valence-corrected chi connectivity index (χ4v) is 6.63. The molecule has 10 nitrogen and oxygen atoms in total. The third kappa shape index (κ3) is 3.70. The molecule has 2 aromatic rings. The molecule has 3 amide bonds. The standard InChI is InChI=1S/C27H25N3O7/c1-14-5-8-18(12-21(14)30(35)36)28-13-17(10-22(28)31)27(34)37-20-4-2-3-19(11-20)29-25(32)23-15-6-7-16(9-15)24(23)26(29)33/h2-5,8,11-12,15-17,23-24H,6-7,9-10,13H2,1H3/t15-,16-,17+,23-,24-/m0/s1. The second-order valence-corrected chi connectivity index (χ2v) is 10.4. The van der Waals surface area contributed by atoms with Crippen LogP contribution in [-0.4, -0.2) is 35.2 Å². The van der Waals surface area contributed by atoms with Crippen LogP contribution >= 0.6 is 0 Å². The normalized spacial score (nSPS) is 28.2. The molecule has 190 valence electrons. The van der Waals surface area contributed by atoms with Gasteiger partial charge in [0, 0.05) is 30.7 Å². The highest BCUT2D eigenvalue weighted by molar-refractivity contribution is 6.22. The van der Waals surface area contributed by atoms with Crippen LogP contribution in [0, 0.1) is 46.6 Å². The summed E-state index contributed by atoms with van der Waals surface area (Å²) >= 11 is 0. The van der Waals surface area contributed by atoms with Crippen LogP contribution in [-0.2, 0) is 19.2 Å². The first-order chi connectivity index (χ1) is 17.7. The number of benzene rings is 2. The number of rotatable bonds is 5. The molecule has 0 spiro atoms. The first-order valence-electron chi connectivity index (χ1n) is 12.5. The molecule has 0 aromatic heterocycles. The molecule has 2 saturated heterocycles. The molecule has 5 atom stereocenters. The van der Waals surface area contributed by atoms with Gasteiger partial charge in [0.15, 0.2) is 0 Å². The Morgan fingerprint density at radius 3 is 2.38 bits per heavy atom. The van der Waals surface area contributed by atoms with Gasteiger partial charge in [-0.15, -0.1) is 0 Å². The molecule has 10 heteroatoms. The van der Waals surface area contributed by atoms with E-state index in [9.17, 15) is 29.3 Å². The molecule has 2 saturated carbocycles. The fourth-order valence-electron chi connectivity index (χ4n) is 6.63. The molecule has 6 rings (SSSR count). The zero-order chi connectivity index (χ0) is 26.0. The number of nitrogens with zero attached hydrogens (tertiary/aromatic N) is 3. The van der Waals surface area contributed by atoms with Crippen LogP contribution in [0.5, 0.6) is 5.75 Å². The minimum absolute atomic E-state index is 0.0345. The molecule has 2 aliphatic carbocycles. The summed E-state index contributed by atoms with van der Waals surface area (Å²) in [4.78, 5) is 65.2. The van der Waals surface area contributed by atoms with Gasteiger partial charge in [-0.2, -0.15) is 0 Å². The van der Waals surface area contributed by atoms with E-state index in [0.29, 0.717) is 16.9 Å². The SMILES string of the molecule is Cc1ccc(N2C[C@H](C(=O)Oc3cccc(N4C(=O)[C@H]5[C@H]6CC[C@@H](C6)[C@@H]5C4=O)c3)CC2=O)cc1[N+](=O)[O-]. The van der Waals surface area contributed by atoms with Crippen LogP contribution in [0.3, 0.4) is 0 Å². The summed E-state index contributed by atoms with van der Waals surface area (Å²) in [6, 6.07) is 10.9. The fraction of sp³-hybridized carbons (Fsp3) is 0.407. The van der Waals surface area contributed by atoms with Crippen molar-refractivity contribution in [3.8, 4) is 5.75 Å². The van der Waals surface area contributed by atoms with Gasteiger partial charge in [0.1, 0.15) is 5.75 Å². The molecule has 0 unspecified atom stereocenters. The van der Waals surface area contributed by atoms with Crippen molar-refractivity contribution in [1.82, 2.24) is 0 Å². The zero-order valence-corrected chi connectivity index (χ0v) is 20.2. The molecule has 4 aliphatic rings. The van der Waals surface area contributed by atoms with Gasteiger partial charge in [-0.1, -0.05) is 12.1 Å². The van der Waals surface area contributed by atoms with Crippen LogP contribution in [0.4, 0.5) is 17.1 Å². The molecular formula is C27H25N3O7. The molecule has 2 heterocycles. The number of amides is 3. The number of aryl methyl sites for hydroxylation is 1. The number of fused-ring (bicyclic) bond motifs is 5. The van der Waals surface area contributed by atoms with Crippen LogP contribution in [0.25, 0.3) is 0 Å². The number of hydrogen-bond acceptors (Lipinski definition) is 7. The summed E-state index contributed by atoms with van der Waals surface area (Å²) in [7, 11) is 0. The Morgan fingerprint density at radius 1 is 1.00 bits per heavy atom. The first kappa shape index (κ1) is 23.3. The molecule has 0 radical (unpaired) electrons. The third-order valence-electron chi connectivity index (χ3n) is 8.38. The molecule has 0 N–H and O–H groups in total. The summed E-state index contributed by atoms with van der Waals surface area (Å²) in [5, 5.41) is 11.3. The molecule has 37 heavy (non-hydrogen) atoms. The number of nitro benzene ring substituents is 1. The van der Waals surface area contributed by atoms with E-state index in [0.717, 1.165) is 19.3 Å². The van der Waals surface area contributed by atoms with Gasteiger partial charge in [-0.3, -0.25) is 29.3 Å². The van der Waals surface area contributed by atoms with E-state index in [1.165, 1.54) is 21.9 Å². The second-order valence-electron chi connectivity index (χ2n) is 10.4. The van der Waals surface area contributed by atoms with Gasteiger partial charge < -0.3 is 9.64 Å². The quantitative estimate of drug-likeness (QED) is 0.201. The van der Waals surface area contributed by atoms with Gasteiger partial charge in [-0.05, 0) is 56.2 Å². The average molecular weight is 504 g/mol. The highest BCUT2D eigenvalue weighted by atomic mass is 16.6. The van der Waals surface area contributed by atoms with E-state index in [1.807, 2.05) is 0 Å². The molecule has 2 aliphatic heterocycles. The van der Waals surface area contributed by atoms with Crippen molar-refractivity contribution in [2.75, 3.05) is 16.3 Å². The monoisotopic (exact) mass is 503 g/mol. The summed E-state index contributed by atoms with van der Waals surface area (Å²) < 4.78 is 5.56. The van der Waals surface area contributed by atoms with E-state index < -0.39 is 16.8 Å². The number of carbonyl (C=O) groups is 4. The first-order valence-corrected chi connectivity index (χ1v) is 12.5. The van der Waals surface area contributed by atoms with E-state index in [2.05, 4.69) is 0 Å². The van der Waals surface area contributed by atoms with E-state index >= 15 is 0 Å². The van der Waals surface area contributed by atoms with Crippen molar-refractivity contribution in [3.63, 3.8) is 0 Å². The zero-order valence-electron chi connectivity index (χ0n) is 20.2. The average Bonchev–Trinajstić information content (AvgIpc) is 3.63. The molecule has 2 aromatic carbocycles. The number of carbonyl (C=O) groups excluding carboxylic acids is 4. The Hall–Kier alpha value is -4.08. The van der Waals surface area contributed by atoms with Crippen LogP contribution in [0.15, 0.2) is 42.5 Å². The minimum Gasteiger partial charge on any atom is -0.426 e. The summed E-state index contributed by atoms with van der Waals surface area (Å²) in [5.74, 6) is -1.82. The van der Waals surface area contributed by atoms with Crippen LogP contribution in [0.2, 0.25) is 0 Å². The van der Waals surface area contributed by atoms with Crippen molar-refractivity contribution >= 4 is 40.8 Å². The van der Waals surface area contributed by atoms with Gasteiger partial charge in [0.25, 0.3) is 5.69 Å². The van der Waals surface area contributed by atoms with Crippen molar-refractivity contribution in [1.29, 1.82) is 0 Å². The van der Waals surface area contributed by atoms with E-state index in [4.69, 9.17) is 4.74 Å². The molecule has 4 fully saturated rings. The van der Waals surface area contributed by atoms with Gasteiger partial charge in [0.05, 0.1) is 34.1 Å². The van der Waals surface area contributed by atoms with Crippen LogP contribution in [0.1, 0.15) is 31.2 Å². The Balaban J connectivity index is 1.16. The number of nitro groups is 1. The number of imide groups is 1. The summed E-state index contributed by atoms with van der Waals surface area (Å²) in [6.45, 7) is 1.65. The molecular weight excluding hydrogens is 478 g/mol. The Labute approximate surface area is 212 Å². The summed E-state index contributed by atoms with van der Waals surface area (Å²) in [6.07, 6.45) is 2.84. The maximum absolute atomic E-state index is 13.1. The van der Waals surface area contributed by atoms with Crippen molar-refractivity contribution in [2.45, 2.75) is 32.6 Å². The Morgan fingerprint density at radius 2 is 1.70 bits per heavy atom. The van der Waals surface area contributed by atoms with Gasteiger partial charge in [0.2, 0.25) is 17.7 Å². The lowest BCUT2D eigenvalue weighted by molar-refractivity contribution is -0.385. The summed E-state index contributed by atoms with van der Waals surface area (Å²) in [5.41, 5.74) is 1.11. The smallest absolute Gasteiger partial charge is 0.316 e. The topological polar surface area (TPSA) is 127 Å². The van der Waals surface area contributed by atoms with Gasteiger partial charge >= 0.3 is 5.97 Å². The third-order valence-corrected chi connectivity index (χ3v) is 8.38. The molecule has 2 bridgehead atoms. The maximum Gasteiger partial charge on any atom is 0.316 e. The lowest BCUT2D eigenvalue weighted by atomic mass is 9.81. The number of esters is 1. The number of hydrogen-bond donors (Lipinski definition) is 0. The largest absolute Gasteiger partial charge is 0.426 e. The van der Waals surface area contributed by atoms with E-state index in [-0.39, 0.29) is 65.8 Å².